The number of amides is 1. The second kappa shape index (κ2) is 7.77. The Morgan fingerprint density at radius 3 is 2.61 bits per heavy atom. The van der Waals surface area contributed by atoms with Crippen molar-refractivity contribution in [2.75, 3.05) is 32.8 Å². The number of fused-ring (bicyclic) bond motifs is 2. The van der Waals surface area contributed by atoms with E-state index in [1.807, 2.05) is 18.2 Å². The Hall–Kier alpha value is -3.26. The highest BCUT2D eigenvalue weighted by atomic mass is 32.1. The number of aromatic nitrogens is 1. The molecule has 0 radical (unpaired) electrons. The molecule has 0 unspecified atom stereocenters. The van der Waals surface area contributed by atoms with Gasteiger partial charge in [-0.3, -0.25) is 10.1 Å². The lowest BCUT2D eigenvalue weighted by Crippen LogP contribution is -2.15. The molecule has 0 bridgehead atoms. The number of benzene rings is 2. The SMILES string of the molecule is COc1ccc(/C=C\C(=O)Nc2nc3cc4c(cc3s2)OCCO4)cc1OC. The van der Waals surface area contributed by atoms with Crippen molar-refractivity contribution in [1.82, 2.24) is 4.98 Å². The van der Waals surface area contributed by atoms with E-state index >= 15 is 0 Å². The number of hydrogen-bond acceptors (Lipinski definition) is 7. The summed E-state index contributed by atoms with van der Waals surface area (Å²) in [5.74, 6) is 2.34. The topological polar surface area (TPSA) is 78.9 Å². The molecule has 3 aromatic rings. The van der Waals surface area contributed by atoms with Crippen LogP contribution in [-0.4, -0.2) is 38.3 Å². The van der Waals surface area contributed by atoms with E-state index in [2.05, 4.69) is 10.3 Å². The van der Waals surface area contributed by atoms with Crippen molar-refractivity contribution in [3.63, 3.8) is 0 Å². The van der Waals surface area contributed by atoms with Gasteiger partial charge in [-0.05, 0) is 23.8 Å². The van der Waals surface area contributed by atoms with Crippen LogP contribution in [0.25, 0.3) is 16.3 Å². The van der Waals surface area contributed by atoms with Gasteiger partial charge in [0.15, 0.2) is 28.1 Å². The molecule has 8 heteroatoms. The molecule has 144 valence electrons. The Labute approximate surface area is 165 Å². The minimum Gasteiger partial charge on any atom is -0.493 e. The number of carbonyl (C=O) groups is 1. The number of rotatable bonds is 5. The average molecular weight is 398 g/mol. The highest BCUT2D eigenvalue weighted by Crippen LogP contribution is 2.37. The first-order valence-corrected chi connectivity index (χ1v) is 9.39. The van der Waals surface area contributed by atoms with Crippen LogP contribution in [0.15, 0.2) is 36.4 Å². The lowest BCUT2D eigenvalue weighted by molar-refractivity contribution is -0.111. The Bertz CT molecular complexity index is 1020. The summed E-state index contributed by atoms with van der Waals surface area (Å²) in [5, 5.41) is 3.30. The largest absolute Gasteiger partial charge is 0.493 e. The van der Waals surface area contributed by atoms with Crippen molar-refractivity contribution in [3.05, 3.63) is 42.0 Å². The second-order valence-corrected chi connectivity index (χ2v) is 6.95. The quantitative estimate of drug-likeness (QED) is 0.660. The maximum atomic E-state index is 12.3. The summed E-state index contributed by atoms with van der Waals surface area (Å²) < 4.78 is 22.5. The maximum absolute atomic E-state index is 12.3. The Balaban J connectivity index is 1.48. The van der Waals surface area contributed by atoms with Gasteiger partial charge in [0.05, 0.1) is 24.4 Å². The van der Waals surface area contributed by atoms with Crippen molar-refractivity contribution in [2.45, 2.75) is 0 Å². The molecule has 0 spiro atoms. The molecule has 2 heterocycles. The van der Waals surface area contributed by atoms with E-state index < -0.39 is 0 Å². The minimum atomic E-state index is -0.272. The van der Waals surface area contributed by atoms with E-state index in [0.29, 0.717) is 41.3 Å². The smallest absolute Gasteiger partial charge is 0.250 e. The lowest BCUT2D eigenvalue weighted by Gasteiger charge is -2.17. The molecule has 1 aliphatic heterocycles. The highest BCUT2D eigenvalue weighted by molar-refractivity contribution is 7.22. The molecule has 0 fully saturated rings. The van der Waals surface area contributed by atoms with Crippen LogP contribution < -0.4 is 24.3 Å². The number of methoxy groups -OCH3 is 2. The highest BCUT2D eigenvalue weighted by Gasteiger charge is 2.15. The molecule has 1 aliphatic rings. The molecule has 0 saturated heterocycles. The van der Waals surface area contributed by atoms with Crippen LogP contribution in [-0.2, 0) is 4.79 Å². The Kier molecular flexibility index (Phi) is 5.03. The molecule has 1 N–H and O–H groups in total. The molecule has 1 aromatic heterocycles. The first-order chi connectivity index (χ1) is 13.7. The number of ether oxygens (including phenoxy) is 4. The number of thiazole rings is 1. The molecule has 0 aliphatic carbocycles. The number of carbonyl (C=O) groups excluding carboxylic acids is 1. The molecule has 7 nitrogen and oxygen atoms in total. The Morgan fingerprint density at radius 2 is 1.86 bits per heavy atom. The zero-order valence-electron chi connectivity index (χ0n) is 15.4. The summed E-state index contributed by atoms with van der Waals surface area (Å²) in [6.45, 7) is 1.05. The normalized spacial score (nSPS) is 12.9. The van der Waals surface area contributed by atoms with Crippen molar-refractivity contribution in [2.24, 2.45) is 0 Å². The fourth-order valence-electron chi connectivity index (χ4n) is 2.79. The van der Waals surface area contributed by atoms with Crippen LogP contribution in [0.1, 0.15) is 5.56 Å². The van der Waals surface area contributed by atoms with Crippen molar-refractivity contribution in [3.8, 4) is 23.0 Å². The fourth-order valence-corrected chi connectivity index (χ4v) is 3.67. The van der Waals surface area contributed by atoms with E-state index in [0.717, 1.165) is 15.8 Å². The van der Waals surface area contributed by atoms with Gasteiger partial charge >= 0.3 is 0 Å². The minimum absolute atomic E-state index is 0.272. The predicted octanol–water partition coefficient (Wildman–Crippen LogP) is 3.74. The first-order valence-electron chi connectivity index (χ1n) is 8.57. The van der Waals surface area contributed by atoms with Gasteiger partial charge in [0, 0.05) is 18.2 Å². The summed E-state index contributed by atoms with van der Waals surface area (Å²) in [4.78, 5) is 16.7. The zero-order chi connectivity index (χ0) is 19.5. The van der Waals surface area contributed by atoms with E-state index in [1.54, 1.807) is 32.4 Å². The van der Waals surface area contributed by atoms with Gasteiger partial charge in [0.2, 0.25) is 5.91 Å². The number of anilines is 1. The van der Waals surface area contributed by atoms with Crippen LogP contribution in [0, 0.1) is 0 Å². The van der Waals surface area contributed by atoms with E-state index in [1.165, 1.54) is 17.4 Å². The van der Waals surface area contributed by atoms with Gasteiger partial charge in [-0.2, -0.15) is 0 Å². The van der Waals surface area contributed by atoms with Crippen LogP contribution in [0.5, 0.6) is 23.0 Å². The van der Waals surface area contributed by atoms with E-state index in [-0.39, 0.29) is 5.91 Å². The van der Waals surface area contributed by atoms with Crippen molar-refractivity contribution >= 4 is 38.7 Å². The summed E-state index contributed by atoms with van der Waals surface area (Å²) >= 11 is 1.38. The molecule has 1 amide bonds. The summed E-state index contributed by atoms with van der Waals surface area (Å²) in [7, 11) is 3.15. The summed E-state index contributed by atoms with van der Waals surface area (Å²) in [6.07, 6.45) is 3.15. The van der Waals surface area contributed by atoms with Crippen LogP contribution in [0.2, 0.25) is 0 Å². The summed E-state index contributed by atoms with van der Waals surface area (Å²) in [5.41, 5.74) is 1.58. The third kappa shape index (κ3) is 3.72. The van der Waals surface area contributed by atoms with Crippen molar-refractivity contribution < 1.29 is 23.7 Å². The number of nitrogens with zero attached hydrogens (tertiary/aromatic N) is 1. The van der Waals surface area contributed by atoms with E-state index in [9.17, 15) is 4.79 Å². The van der Waals surface area contributed by atoms with Crippen LogP contribution in [0.3, 0.4) is 0 Å². The van der Waals surface area contributed by atoms with Gasteiger partial charge in [-0.1, -0.05) is 17.4 Å². The molecule has 4 rings (SSSR count). The van der Waals surface area contributed by atoms with Gasteiger partial charge < -0.3 is 18.9 Å². The van der Waals surface area contributed by atoms with E-state index in [4.69, 9.17) is 18.9 Å². The second-order valence-electron chi connectivity index (χ2n) is 5.92. The first kappa shape index (κ1) is 18.1. The van der Waals surface area contributed by atoms with Gasteiger partial charge in [0.1, 0.15) is 13.2 Å². The molecular weight excluding hydrogens is 380 g/mol. The maximum Gasteiger partial charge on any atom is 0.250 e. The molecule has 0 atom stereocenters. The number of hydrogen-bond donors (Lipinski definition) is 1. The third-order valence-corrected chi connectivity index (χ3v) is 5.05. The van der Waals surface area contributed by atoms with Gasteiger partial charge in [-0.15, -0.1) is 0 Å². The molecule has 28 heavy (non-hydrogen) atoms. The predicted molar refractivity (Wildman–Crippen MR) is 108 cm³/mol. The van der Waals surface area contributed by atoms with Gasteiger partial charge in [-0.25, -0.2) is 4.98 Å². The van der Waals surface area contributed by atoms with Crippen LogP contribution >= 0.6 is 11.3 Å². The monoisotopic (exact) mass is 398 g/mol. The Morgan fingerprint density at radius 1 is 1.11 bits per heavy atom. The standard InChI is InChI=1S/C20H18N2O5S/c1-24-14-5-3-12(9-15(14)25-2)4-6-19(23)22-20-21-13-10-16-17(11-18(13)28-20)27-8-7-26-16/h3-6,9-11H,7-8H2,1-2H3,(H,21,22,23)/b6-4-. The van der Waals surface area contributed by atoms with Crippen molar-refractivity contribution in [1.29, 1.82) is 0 Å². The lowest BCUT2D eigenvalue weighted by atomic mass is 10.2. The fraction of sp³-hybridized carbons (Fsp3) is 0.200. The molecule has 0 saturated carbocycles. The van der Waals surface area contributed by atoms with Gasteiger partial charge in [0.25, 0.3) is 0 Å². The zero-order valence-corrected chi connectivity index (χ0v) is 16.2. The summed E-state index contributed by atoms with van der Waals surface area (Å²) in [6, 6.07) is 9.14. The molecule has 2 aromatic carbocycles. The average Bonchev–Trinajstić information content (AvgIpc) is 3.10. The molecular formula is C20H18N2O5S. The number of nitrogens with one attached hydrogen (secondary N) is 1. The van der Waals surface area contributed by atoms with Crippen LogP contribution in [0.4, 0.5) is 5.13 Å². The third-order valence-electron chi connectivity index (χ3n) is 4.12.